The second kappa shape index (κ2) is 8.51. The minimum atomic E-state index is -0.980. The van der Waals surface area contributed by atoms with E-state index in [2.05, 4.69) is 25.5 Å². The first kappa shape index (κ1) is 21.4. The average molecular weight is 454 g/mol. The first-order valence-corrected chi connectivity index (χ1v) is 10.8. The topological polar surface area (TPSA) is 96.3 Å². The molecule has 2 aromatic heterocycles. The fraction of sp³-hybridized carbons (Fsp3) is 0.391. The third kappa shape index (κ3) is 3.95. The van der Waals surface area contributed by atoms with Crippen LogP contribution in [-0.2, 0) is 0 Å². The lowest BCUT2D eigenvalue weighted by Crippen LogP contribution is -2.55. The monoisotopic (exact) mass is 454 g/mol. The number of aromatic nitrogens is 4. The summed E-state index contributed by atoms with van der Waals surface area (Å²) in [5.74, 6) is -0.0256. The number of phenols is 1. The summed E-state index contributed by atoms with van der Waals surface area (Å²) in [6.45, 7) is 0. The Morgan fingerprint density at radius 1 is 1.12 bits per heavy atom. The van der Waals surface area contributed by atoms with Gasteiger partial charge in [0.2, 0.25) is 0 Å². The van der Waals surface area contributed by atoms with Crippen molar-refractivity contribution < 1.29 is 18.6 Å². The summed E-state index contributed by atoms with van der Waals surface area (Å²) < 4.78 is 33.4. The Balaban J connectivity index is 1.36. The maximum Gasteiger partial charge on any atom is 0.255 e. The molecule has 2 aliphatic heterocycles. The first-order chi connectivity index (χ1) is 15.9. The van der Waals surface area contributed by atoms with E-state index in [4.69, 9.17) is 4.74 Å². The van der Waals surface area contributed by atoms with Crippen molar-refractivity contribution >= 4 is 5.82 Å². The number of ether oxygens (including phenoxy) is 1. The molecule has 3 aromatic rings. The van der Waals surface area contributed by atoms with E-state index in [1.54, 1.807) is 23.2 Å². The van der Waals surface area contributed by atoms with Crippen molar-refractivity contribution in [3.8, 4) is 34.0 Å². The highest BCUT2D eigenvalue weighted by Crippen LogP contribution is 2.35. The number of phenolic OH excluding ortho intramolecular Hbond substituents is 1. The number of methoxy groups -OCH3 is 1. The van der Waals surface area contributed by atoms with Crippen molar-refractivity contribution in [1.29, 1.82) is 0 Å². The molecule has 0 saturated carbocycles. The smallest absolute Gasteiger partial charge is 0.255 e. The molecule has 0 spiro atoms. The van der Waals surface area contributed by atoms with Gasteiger partial charge < -0.3 is 20.1 Å². The highest BCUT2D eigenvalue weighted by Gasteiger charge is 2.43. The predicted octanol–water partition coefficient (Wildman–Crippen LogP) is 3.12. The molecule has 4 atom stereocenters. The molecule has 2 bridgehead atoms. The number of pyridine rings is 1. The summed E-state index contributed by atoms with van der Waals surface area (Å²) in [6, 6.07) is 6.37. The van der Waals surface area contributed by atoms with Crippen LogP contribution in [0.3, 0.4) is 0 Å². The zero-order valence-electron chi connectivity index (χ0n) is 18.2. The third-order valence-electron chi connectivity index (χ3n) is 6.56. The molecule has 0 radical (unpaired) electrons. The fourth-order valence-corrected chi connectivity index (χ4v) is 4.70. The van der Waals surface area contributed by atoms with Gasteiger partial charge in [0, 0.05) is 30.9 Å². The summed E-state index contributed by atoms with van der Waals surface area (Å²) in [4.78, 5) is 9.83. The van der Waals surface area contributed by atoms with E-state index in [1.807, 2.05) is 7.05 Å². The number of hydrogen-bond acceptors (Lipinski definition) is 8. The van der Waals surface area contributed by atoms with Crippen LogP contribution in [0.15, 0.2) is 36.7 Å². The summed E-state index contributed by atoms with van der Waals surface area (Å²) in [5.41, 5.74) is 1.61. The van der Waals surface area contributed by atoms with Gasteiger partial charge in [-0.15, -0.1) is 10.2 Å². The largest absolute Gasteiger partial charge is 0.507 e. The molecule has 10 heteroatoms. The lowest BCUT2D eigenvalue weighted by molar-refractivity contribution is 0.176. The Hall–Kier alpha value is -3.40. The van der Waals surface area contributed by atoms with Crippen molar-refractivity contribution in [3.05, 3.63) is 42.6 Å². The Bertz CT molecular complexity index is 1160. The van der Waals surface area contributed by atoms with E-state index in [-0.39, 0.29) is 29.4 Å². The molecule has 8 nitrogen and oxygen atoms in total. The number of nitrogens with one attached hydrogen (secondary N) is 1. The molecule has 33 heavy (non-hydrogen) atoms. The standard InChI is InChI=1S/C23H24F2N6O2/c1-31(17-9-14-4-6-16(28-14)21(17)24)20-11-27-23(30-29-20)15-5-3-12(7-18(15)32)13-8-19(33-2)22(25)26-10-13/h3,5,7-8,10-11,14,16-17,21,28,32H,4,6,9H2,1-2H3/t14-,16+,17+,21-/m1/s1. The molecule has 4 heterocycles. The van der Waals surface area contributed by atoms with Crippen LogP contribution in [0.2, 0.25) is 0 Å². The minimum absolute atomic E-state index is 0.0144. The molecule has 2 fully saturated rings. The zero-order chi connectivity index (χ0) is 23.1. The normalized spacial score (nSPS) is 24.0. The number of fused-ring (bicyclic) bond motifs is 2. The SMILES string of the molecule is COc1cc(-c2ccc(-c3ncc(N(C)[C@H]4C[C@H]5CC[C@H](N5)[C@H]4F)nn3)c(O)c2)cnc1F. The van der Waals surface area contributed by atoms with Crippen LogP contribution in [0.1, 0.15) is 19.3 Å². The number of piperidine rings is 1. The van der Waals surface area contributed by atoms with Crippen molar-refractivity contribution in [1.82, 2.24) is 25.5 Å². The molecule has 0 amide bonds. The van der Waals surface area contributed by atoms with E-state index in [0.29, 0.717) is 35.0 Å². The summed E-state index contributed by atoms with van der Waals surface area (Å²) in [6.07, 6.45) is 4.49. The molecule has 0 unspecified atom stereocenters. The van der Waals surface area contributed by atoms with Crippen LogP contribution in [0.5, 0.6) is 11.5 Å². The molecule has 2 saturated heterocycles. The number of aromatic hydroxyl groups is 1. The number of benzene rings is 1. The lowest BCUT2D eigenvalue weighted by Gasteiger charge is -2.38. The Kier molecular flexibility index (Phi) is 5.53. The lowest BCUT2D eigenvalue weighted by atomic mass is 9.96. The molecule has 0 aliphatic carbocycles. The Morgan fingerprint density at radius 2 is 1.97 bits per heavy atom. The van der Waals surface area contributed by atoms with Gasteiger partial charge in [0.15, 0.2) is 17.4 Å². The highest BCUT2D eigenvalue weighted by molar-refractivity contribution is 5.73. The molecule has 2 N–H and O–H groups in total. The van der Waals surface area contributed by atoms with Gasteiger partial charge in [0.1, 0.15) is 11.9 Å². The second-order valence-electron chi connectivity index (χ2n) is 8.49. The Morgan fingerprint density at radius 3 is 2.70 bits per heavy atom. The number of alkyl halides is 1. The van der Waals surface area contributed by atoms with E-state index in [0.717, 1.165) is 12.8 Å². The van der Waals surface area contributed by atoms with Gasteiger partial charge in [-0.3, -0.25) is 0 Å². The molecule has 2 aliphatic rings. The van der Waals surface area contributed by atoms with Crippen LogP contribution in [0, 0.1) is 5.95 Å². The van der Waals surface area contributed by atoms with Crippen LogP contribution >= 0.6 is 0 Å². The fourth-order valence-electron chi connectivity index (χ4n) is 4.70. The number of nitrogens with zero attached hydrogens (tertiary/aromatic N) is 5. The van der Waals surface area contributed by atoms with Crippen molar-refractivity contribution in [2.24, 2.45) is 0 Å². The minimum Gasteiger partial charge on any atom is -0.507 e. The molecular weight excluding hydrogens is 430 g/mol. The third-order valence-corrected chi connectivity index (χ3v) is 6.56. The van der Waals surface area contributed by atoms with Crippen molar-refractivity contribution in [2.75, 3.05) is 19.1 Å². The quantitative estimate of drug-likeness (QED) is 0.568. The maximum atomic E-state index is 14.9. The highest BCUT2D eigenvalue weighted by atomic mass is 19.1. The average Bonchev–Trinajstić information content (AvgIpc) is 3.25. The molecular formula is C23H24F2N6O2. The van der Waals surface area contributed by atoms with E-state index < -0.39 is 12.1 Å². The summed E-state index contributed by atoms with van der Waals surface area (Å²) in [7, 11) is 3.17. The van der Waals surface area contributed by atoms with Crippen LogP contribution in [-0.4, -0.2) is 63.7 Å². The van der Waals surface area contributed by atoms with Gasteiger partial charge in [-0.2, -0.15) is 4.39 Å². The van der Waals surface area contributed by atoms with Gasteiger partial charge in [0.05, 0.1) is 24.9 Å². The molecule has 5 rings (SSSR count). The van der Waals surface area contributed by atoms with Crippen molar-refractivity contribution in [2.45, 2.75) is 43.6 Å². The molecule has 172 valence electrons. The number of hydrogen-bond donors (Lipinski definition) is 2. The van der Waals surface area contributed by atoms with Crippen molar-refractivity contribution in [3.63, 3.8) is 0 Å². The first-order valence-electron chi connectivity index (χ1n) is 10.8. The van der Waals surface area contributed by atoms with Gasteiger partial charge in [-0.1, -0.05) is 6.07 Å². The van der Waals surface area contributed by atoms with Gasteiger partial charge in [-0.25, -0.2) is 14.4 Å². The van der Waals surface area contributed by atoms with E-state index in [1.165, 1.54) is 25.4 Å². The maximum absolute atomic E-state index is 14.9. The number of rotatable bonds is 5. The van der Waals surface area contributed by atoms with Crippen LogP contribution < -0.4 is 15.0 Å². The van der Waals surface area contributed by atoms with E-state index in [9.17, 15) is 13.9 Å². The summed E-state index contributed by atoms with van der Waals surface area (Å²) >= 11 is 0. The van der Waals surface area contributed by atoms with Crippen LogP contribution in [0.25, 0.3) is 22.5 Å². The number of halogens is 2. The Labute approximate surface area is 189 Å². The van der Waals surface area contributed by atoms with Gasteiger partial charge in [0.25, 0.3) is 5.95 Å². The van der Waals surface area contributed by atoms with Crippen LogP contribution in [0.4, 0.5) is 14.6 Å². The second-order valence-corrected chi connectivity index (χ2v) is 8.49. The number of anilines is 1. The molecule has 1 aromatic carbocycles. The van der Waals surface area contributed by atoms with Gasteiger partial charge >= 0.3 is 0 Å². The van der Waals surface area contributed by atoms with E-state index >= 15 is 0 Å². The van der Waals surface area contributed by atoms with Gasteiger partial charge in [-0.05, 0) is 43.0 Å². The predicted molar refractivity (Wildman–Crippen MR) is 118 cm³/mol. The summed E-state index contributed by atoms with van der Waals surface area (Å²) in [5, 5.41) is 22.3. The zero-order valence-corrected chi connectivity index (χ0v) is 18.2.